The number of carbonyl (C=O) groups is 1. The number of rotatable bonds is 24. The van der Waals surface area contributed by atoms with Crippen molar-refractivity contribution in [2.45, 2.75) is 70.1 Å². The smallest absolute Gasteiger partial charge is 0.319 e. The molecule has 2 amide bonds. The third-order valence-electron chi connectivity index (χ3n) is 12.5. The maximum atomic E-state index is 13.0. The summed E-state index contributed by atoms with van der Waals surface area (Å²) in [6.45, 7) is 11.2. The van der Waals surface area contributed by atoms with Gasteiger partial charge in [0.05, 0.1) is 20.3 Å². The number of para-hydroxylation sites is 1. The van der Waals surface area contributed by atoms with Gasteiger partial charge in [0, 0.05) is 50.4 Å². The SMILES string of the molecule is COc1cc(OCCCOc2ccccc2)ccc1CCNC(=O)N1CCC(Nc2ccc(CCNC[C@H](O)COc3ccc(O[Si](c4ccccc4)(c4ccccc4)C(C)(C)C)cc3)cc2)CC1. The summed E-state index contributed by atoms with van der Waals surface area (Å²) in [6, 6.07) is 53.4. The summed E-state index contributed by atoms with van der Waals surface area (Å²) >= 11 is 0. The first-order valence-corrected chi connectivity index (χ1v) is 26.3. The minimum absolute atomic E-state index is 0.0355. The molecule has 364 valence electrons. The van der Waals surface area contributed by atoms with Crippen LogP contribution in [0.25, 0.3) is 0 Å². The third-order valence-corrected chi connectivity index (χ3v) is 17.5. The van der Waals surface area contributed by atoms with Crippen molar-refractivity contribution in [2.75, 3.05) is 65.0 Å². The van der Waals surface area contributed by atoms with Crippen molar-refractivity contribution in [3.8, 4) is 28.7 Å². The minimum atomic E-state index is -2.74. The molecule has 1 saturated heterocycles. The van der Waals surface area contributed by atoms with Crippen LogP contribution in [0.15, 0.2) is 158 Å². The minimum Gasteiger partial charge on any atom is -0.534 e. The molecule has 1 aliphatic rings. The van der Waals surface area contributed by atoms with E-state index in [1.165, 1.54) is 15.9 Å². The zero-order chi connectivity index (χ0) is 48.3. The van der Waals surface area contributed by atoms with E-state index in [1.54, 1.807) is 7.11 Å². The number of urea groups is 1. The van der Waals surface area contributed by atoms with Crippen LogP contribution in [0.4, 0.5) is 10.5 Å². The molecular weight excluding hydrogens is 881 g/mol. The highest BCUT2D eigenvalue weighted by atomic mass is 28.4. The Hall–Kier alpha value is -6.47. The lowest BCUT2D eigenvalue weighted by Crippen LogP contribution is -2.68. The summed E-state index contributed by atoms with van der Waals surface area (Å²) in [6.07, 6.45) is 3.35. The fraction of sp³-hybridized carbons (Fsp3) is 0.351. The first-order valence-electron chi connectivity index (χ1n) is 24.4. The van der Waals surface area contributed by atoms with E-state index in [0.29, 0.717) is 57.6 Å². The number of benzene rings is 6. The van der Waals surface area contributed by atoms with Crippen LogP contribution in [-0.4, -0.2) is 96.2 Å². The number of hydrogen-bond acceptors (Lipinski definition) is 9. The predicted octanol–water partition coefficient (Wildman–Crippen LogP) is 8.88. The molecule has 0 bridgehead atoms. The first kappa shape index (κ1) is 50.4. The number of nitrogens with zero attached hydrogens (tertiary/aromatic N) is 1. The van der Waals surface area contributed by atoms with Gasteiger partial charge >= 0.3 is 14.3 Å². The van der Waals surface area contributed by atoms with Gasteiger partial charge in [0.25, 0.3) is 0 Å². The zero-order valence-corrected chi connectivity index (χ0v) is 41.7. The topological polar surface area (TPSA) is 123 Å². The number of aliphatic hydroxyl groups is 1. The number of ether oxygens (including phenoxy) is 4. The lowest BCUT2D eigenvalue weighted by Gasteiger charge is -2.43. The third kappa shape index (κ3) is 14.5. The van der Waals surface area contributed by atoms with Crippen molar-refractivity contribution in [1.82, 2.24) is 15.5 Å². The second-order valence-electron chi connectivity index (χ2n) is 18.6. The Morgan fingerprint density at radius 3 is 1.90 bits per heavy atom. The Morgan fingerprint density at radius 2 is 1.28 bits per heavy atom. The second kappa shape index (κ2) is 25.2. The summed E-state index contributed by atoms with van der Waals surface area (Å²) in [4.78, 5) is 14.9. The van der Waals surface area contributed by atoms with Gasteiger partial charge in [0.15, 0.2) is 0 Å². The highest BCUT2D eigenvalue weighted by Gasteiger charge is 2.52. The Kier molecular flexibility index (Phi) is 18.4. The molecular formula is C57H70N4O7Si. The van der Waals surface area contributed by atoms with Crippen molar-refractivity contribution in [2.24, 2.45) is 0 Å². The van der Waals surface area contributed by atoms with Crippen LogP contribution >= 0.6 is 0 Å². The van der Waals surface area contributed by atoms with E-state index in [-0.39, 0.29) is 17.7 Å². The monoisotopic (exact) mass is 951 g/mol. The van der Waals surface area contributed by atoms with Gasteiger partial charge in [0.2, 0.25) is 0 Å². The molecule has 6 aromatic carbocycles. The molecule has 1 aliphatic heterocycles. The highest BCUT2D eigenvalue weighted by molar-refractivity contribution is 7.00. The molecule has 12 heteroatoms. The normalized spacial score (nSPS) is 13.6. The molecule has 1 heterocycles. The van der Waals surface area contributed by atoms with Crippen molar-refractivity contribution in [3.05, 3.63) is 169 Å². The number of nitrogens with one attached hydrogen (secondary N) is 3. The number of anilines is 1. The van der Waals surface area contributed by atoms with Crippen LogP contribution in [0.1, 0.15) is 51.2 Å². The quantitative estimate of drug-likeness (QED) is 0.0348. The predicted molar refractivity (Wildman–Crippen MR) is 280 cm³/mol. The van der Waals surface area contributed by atoms with Gasteiger partial charge in [-0.25, -0.2) is 4.79 Å². The van der Waals surface area contributed by atoms with E-state index in [4.69, 9.17) is 23.4 Å². The Balaban J connectivity index is 0.755. The van der Waals surface area contributed by atoms with Crippen LogP contribution < -0.4 is 49.7 Å². The van der Waals surface area contributed by atoms with Gasteiger partial charge in [-0.1, -0.05) is 118 Å². The number of likely N-dealkylation sites (tertiary alicyclic amines) is 1. The highest BCUT2D eigenvalue weighted by Crippen LogP contribution is 2.38. The molecule has 0 spiro atoms. The maximum absolute atomic E-state index is 13.0. The molecule has 6 aromatic rings. The molecule has 0 aromatic heterocycles. The van der Waals surface area contributed by atoms with Gasteiger partial charge in [-0.15, -0.1) is 0 Å². The van der Waals surface area contributed by atoms with Crippen LogP contribution in [0.3, 0.4) is 0 Å². The first-order chi connectivity index (χ1) is 33.6. The number of aliphatic hydroxyl groups excluding tert-OH is 1. The van der Waals surface area contributed by atoms with E-state index < -0.39 is 14.4 Å². The molecule has 11 nitrogen and oxygen atoms in total. The van der Waals surface area contributed by atoms with Gasteiger partial charge in [-0.05, 0) is 113 Å². The summed E-state index contributed by atoms with van der Waals surface area (Å²) in [5.74, 6) is 3.82. The van der Waals surface area contributed by atoms with Crippen LogP contribution in [0.5, 0.6) is 28.7 Å². The number of carbonyl (C=O) groups excluding carboxylic acids is 1. The molecule has 4 N–H and O–H groups in total. The Bertz CT molecular complexity index is 2390. The number of amides is 2. The van der Waals surface area contributed by atoms with E-state index in [0.717, 1.165) is 66.5 Å². The van der Waals surface area contributed by atoms with Gasteiger partial charge in [-0.2, -0.15) is 0 Å². The fourth-order valence-electron chi connectivity index (χ4n) is 8.81. The fourth-order valence-corrected chi connectivity index (χ4v) is 13.2. The summed E-state index contributed by atoms with van der Waals surface area (Å²) < 4.78 is 30.4. The molecule has 1 fully saturated rings. The lowest BCUT2D eigenvalue weighted by molar-refractivity contribution is 0.106. The van der Waals surface area contributed by atoms with E-state index in [1.807, 2.05) is 89.8 Å². The molecule has 0 aliphatic carbocycles. The van der Waals surface area contributed by atoms with E-state index in [9.17, 15) is 9.90 Å². The van der Waals surface area contributed by atoms with Gasteiger partial charge in [-0.3, -0.25) is 0 Å². The lowest BCUT2D eigenvalue weighted by atomic mass is 10.0. The van der Waals surface area contributed by atoms with Gasteiger partial charge in [0.1, 0.15) is 41.5 Å². The second-order valence-corrected chi connectivity index (χ2v) is 22.8. The average molecular weight is 951 g/mol. The molecule has 0 radical (unpaired) electrons. The van der Waals surface area contributed by atoms with Crippen molar-refractivity contribution in [1.29, 1.82) is 0 Å². The standard InChI is InChI=1S/C57H70N4O7Si/c1-57(2,3)69(53-17-10-6-11-18-53,54-19-12-7-13-20-54)68-51-29-27-50(28-30-51)67-43-48(62)42-58-35-31-44-21-24-46(25-22-44)60-47-33-37-61(38-34-47)56(63)59-36-32-45-23-26-52(41-55(45)64-4)66-40-14-39-65-49-15-8-5-9-16-49/h5-13,15-30,41,47-48,58,60,62H,14,31-40,42-43H2,1-4H3,(H,59,63)/t48-/m0/s1. The Labute approximate surface area is 410 Å². The largest absolute Gasteiger partial charge is 0.534 e. The van der Waals surface area contributed by atoms with Gasteiger partial charge < -0.3 is 49.3 Å². The maximum Gasteiger partial charge on any atom is 0.319 e. The van der Waals surface area contributed by atoms with Crippen molar-refractivity contribution in [3.63, 3.8) is 0 Å². The van der Waals surface area contributed by atoms with Crippen LogP contribution in [0.2, 0.25) is 5.04 Å². The molecule has 0 saturated carbocycles. The number of piperidine rings is 1. The molecule has 69 heavy (non-hydrogen) atoms. The zero-order valence-electron chi connectivity index (χ0n) is 40.7. The summed E-state index contributed by atoms with van der Waals surface area (Å²) in [5, 5.41) is 23.1. The van der Waals surface area contributed by atoms with E-state index in [2.05, 4.69) is 110 Å². The summed E-state index contributed by atoms with van der Waals surface area (Å²) in [5.41, 5.74) is 3.31. The molecule has 1 atom stereocenters. The van der Waals surface area contributed by atoms with Crippen LogP contribution in [0, 0.1) is 0 Å². The van der Waals surface area contributed by atoms with Crippen molar-refractivity contribution < 1.29 is 33.3 Å². The average Bonchev–Trinajstić information content (AvgIpc) is 3.38. The summed E-state index contributed by atoms with van der Waals surface area (Å²) in [7, 11) is -1.08. The van der Waals surface area contributed by atoms with E-state index >= 15 is 0 Å². The molecule has 7 rings (SSSR count). The Morgan fingerprint density at radius 1 is 0.696 bits per heavy atom. The van der Waals surface area contributed by atoms with Crippen molar-refractivity contribution >= 4 is 30.4 Å². The molecule has 0 unspecified atom stereocenters. The number of hydrogen-bond donors (Lipinski definition) is 4. The van der Waals surface area contributed by atoms with Crippen LogP contribution in [-0.2, 0) is 12.8 Å². The number of methoxy groups -OCH3 is 1.